The van der Waals surface area contributed by atoms with Crippen LogP contribution in [0.4, 0.5) is 4.79 Å². The Morgan fingerprint density at radius 1 is 0.787 bits per heavy atom. The molecule has 3 saturated heterocycles. The minimum Gasteiger partial charge on any atom is -0.444 e. The number of nitrogens with zero attached hydrogens (tertiary/aromatic N) is 4. The van der Waals surface area contributed by atoms with Gasteiger partial charge in [-0.05, 0) is 84.6 Å². The number of benzene rings is 2. The van der Waals surface area contributed by atoms with Gasteiger partial charge in [0, 0.05) is 91.4 Å². The predicted molar refractivity (Wildman–Crippen MR) is 197 cm³/mol. The number of carbonyl (C=O) groups is 2. The Kier molecular flexibility index (Phi) is 13.8. The molecule has 47 heavy (non-hydrogen) atoms. The van der Waals surface area contributed by atoms with E-state index in [0.29, 0.717) is 44.1 Å². The second-order valence-corrected chi connectivity index (χ2v) is 16.3. The van der Waals surface area contributed by atoms with Crippen LogP contribution in [0, 0.1) is 5.92 Å². The molecule has 0 aliphatic carbocycles. The van der Waals surface area contributed by atoms with E-state index in [2.05, 4.69) is 122 Å². The number of hydrogen-bond acceptors (Lipinski definition) is 6. The summed E-state index contributed by atoms with van der Waals surface area (Å²) in [6, 6.07) is 18.5. The molecule has 2 aromatic rings. The molecule has 3 aliphatic rings. The van der Waals surface area contributed by atoms with Gasteiger partial charge in [-0.15, -0.1) is 0 Å². The Bertz CT molecular complexity index is 1330. The lowest BCUT2D eigenvalue weighted by Crippen LogP contribution is -2.59. The van der Waals surface area contributed by atoms with Gasteiger partial charge in [-0.1, -0.05) is 68.3 Å². The van der Waals surface area contributed by atoms with Crippen molar-refractivity contribution in [2.45, 2.75) is 104 Å². The molecule has 8 nitrogen and oxygen atoms in total. The van der Waals surface area contributed by atoms with E-state index in [1.54, 1.807) is 4.90 Å². The van der Waals surface area contributed by atoms with Crippen LogP contribution >= 0.6 is 31.9 Å². The summed E-state index contributed by atoms with van der Waals surface area (Å²) in [5.74, 6) is 0.229. The van der Waals surface area contributed by atoms with Gasteiger partial charge in [-0.2, -0.15) is 0 Å². The number of likely N-dealkylation sites (tertiary alicyclic amines) is 1. The number of piperazine rings is 2. The van der Waals surface area contributed by atoms with Crippen molar-refractivity contribution < 1.29 is 14.3 Å². The first-order chi connectivity index (χ1) is 22.2. The second kappa shape index (κ2) is 17.1. The average molecular weight is 778 g/mol. The molecule has 2 aromatic carbocycles. The van der Waals surface area contributed by atoms with Crippen molar-refractivity contribution in [1.29, 1.82) is 0 Å². The number of rotatable bonds is 5. The number of nitrogens with one attached hydrogen (secondary N) is 1. The van der Waals surface area contributed by atoms with Crippen LogP contribution < -0.4 is 5.32 Å². The van der Waals surface area contributed by atoms with Gasteiger partial charge in [0.25, 0.3) is 0 Å². The normalized spacial score (nSPS) is 24.8. The third-order valence-corrected chi connectivity index (χ3v) is 11.0. The lowest BCUT2D eigenvalue weighted by Gasteiger charge is -2.46. The summed E-state index contributed by atoms with van der Waals surface area (Å²) in [4.78, 5) is 34.4. The highest BCUT2D eigenvalue weighted by atomic mass is 79.9. The fourth-order valence-electron chi connectivity index (χ4n) is 6.60. The lowest BCUT2D eigenvalue weighted by molar-refractivity contribution is -0.143. The Morgan fingerprint density at radius 3 is 1.85 bits per heavy atom. The van der Waals surface area contributed by atoms with Gasteiger partial charge in [-0.25, -0.2) is 4.79 Å². The van der Waals surface area contributed by atoms with Crippen LogP contribution in [0.2, 0.25) is 0 Å². The van der Waals surface area contributed by atoms with Crippen molar-refractivity contribution in [3.8, 4) is 0 Å². The van der Waals surface area contributed by atoms with Gasteiger partial charge < -0.3 is 19.9 Å². The van der Waals surface area contributed by atoms with E-state index in [4.69, 9.17) is 4.74 Å². The molecule has 0 saturated carbocycles. The van der Waals surface area contributed by atoms with Crippen LogP contribution in [0.3, 0.4) is 0 Å². The molecule has 10 heteroatoms. The maximum Gasteiger partial charge on any atom is 0.410 e. The lowest BCUT2D eigenvalue weighted by atomic mass is 9.93. The third kappa shape index (κ3) is 11.0. The highest BCUT2D eigenvalue weighted by molar-refractivity contribution is 9.10. The standard InChI is InChI=1S/C24H36BrN3O3.C13H19BrN2/c1-17-15-28(18(2)14-27(17)16-20-8-6-7-9-21(20)25)22(29)19-10-12-26(13-11-19)23(30)31-24(3,4)5;1-10-8-16(11(2)7-15-10)9-12-5-3-4-6-13(12)14/h6-9,17-19H,10-16H2,1-5H3;3-6,10-11,15H,7-9H2,1-2H3. The molecule has 260 valence electrons. The molecule has 4 atom stereocenters. The Morgan fingerprint density at radius 2 is 1.32 bits per heavy atom. The highest BCUT2D eigenvalue weighted by Crippen LogP contribution is 2.27. The molecule has 2 amide bonds. The van der Waals surface area contributed by atoms with Crippen molar-refractivity contribution in [3.63, 3.8) is 0 Å². The Labute approximate surface area is 299 Å². The van der Waals surface area contributed by atoms with Gasteiger partial charge in [0.2, 0.25) is 5.91 Å². The Hall–Kier alpha value is -1.98. The quantitative estimate of drug-likeness (QED) is 0.348. The van der Waals surface area contributed by atoms with Gasteiger partial charge >= 0.3 is 6.09 Å². The minimum atomic E-state index is -0.496. The zero-order chi connectivity index (χ0) is 34.3. The largest absolute Gasteiger partial charge is 0.444 e. The monoisotopic (exact) mass is 775 g/mol. The molecule has 4 unspecified atom stereocenters. The van der Waals surface area contributed by atoms with Crippen molar-refractivity contribution >= 4 is 43.9 Å². The van der Waals surface area contributed by atoms with Gasteiger partial charge in [-0.3, -0.25) is 14.6 Å². The molecule has 0 aromatic heterocycles. The van der Waals surface area contributed by atoms with Crippen molar-refractivity contribution in [2.75, 3.05) is 39.3 Å². The van der Waals surface area contributed by atoms with Crippen molar-refractivity contribution in [3.05, 3.63) is 68.6 Å². The predicted octanol–water partition coefficient (Wildman–Crippen LogP) is 7.15. The first-order valence-corrected chi connectivity index (χ1v) is 18.8. The summed E-state index contributed by atoms with van der Waals surface area (Å²) in [7, 11) is 0. The van der Waals surface area contributed by atoms with E-state index in [-0.39, 0.29) is 24.0 Å². The summed E-state index contributed by atoms with van der Waals surface area (Å²) >= 11 is 7.26. The van der Waals surface area contributed by atoms with Crippen LogP contribution in [0.15, 0.2) is 57.5 Å². The minimum absolute atomic E-state index is 0.0110. The van der Waals surface area contributed by atoms with E-state index in [1.807, 2.05) is 26.8 Å². The van der Waals surface area contributed by atoms with Crippen LogP contribution in [-0.2, 0) is 22.6 Å². The number of piperidine rings is 1. The van der Waals surface area contributed by atoms with Crippen molar-refractivity contribution in [1.82, 2.24) is 24.9 Å². The van der Waals surface area contributed by atoms with Crippen LogP contribution in [0.25, 0.3) is 0 Å². The number of carbonyl (C=O) groups excluding carboxylic acids is 2. The number of halogens is 2. The fraction of sp³-hybridized carbons (Fsp3) is 0.622. The molecule has 0 radical (unpaired) electrons. The molecule has 3 aliphatic heterocycles. The SMILES string of the molecule is CC1CN(C(=O)C2CCN(C(=O)OC(C)(C)C)CC2)C(C)CN1Cc1ccccc1Br.CC1CN(Cc2ccccc2Br)C(C)CN1. The number of ether oxygens (including phenoxy) is 1. The maximum absolute atomic E-state index is 13.3. The summed E-state index contributed by atoms with van der Waals surface area (Å²) in [6.07, 6.45) is 1.13. The fourth-order valence-corrected chi connectivity index (χ4v) is 7.42. The zero-order valence-electron chi connectivity index (χ0n) is 29.3. The molecule has 3 heterocycles. The molecule has 3 fully saturated rings. The van der Waals surface area contributed by atoms with E-state index >= 15 is 0 Å². The first-order valence-electron chi connectivity index (χ1n) is 17.2. The van der Waals surface area contributed by atoms with E-state index < -0.39 is 5.60 Å². The van der Waals surface area contributed by atoms with E-state index in [9.17, 15) is 9.59 Å². The molecule has 0 spiro atoms. The third-order valence-electron chi connectivity index (χ3n) is 9.45. The zero-order valence-corrected chi connectivity index (χ0v) is 32.5. The van der Waals surface area contributed by atoms with Gasteiger partial charge in [0.05, 0.1) is 0 Å². The number of hydrogen-bond donors (Lipinski definition) is 1. The molecule has 0 bridgehead atoms. The van der Waals surface area contributed by atoms with Gasteiger partial charge in [0.1, 0.15) is 5.60 Å². The van der Waals surface area contributed by atoms with Crippen LogP contribution in [0.5, 0.6) is 0 Å². The maximum atomic E-state index is 13.3. The molecule has 5 rings (SSSR count). The van der Waals surface area contributed by atoms with Gasteiger partial charge in [0.15, 0.2) is 0 Å². The molecular weight excluding hydrogens is 722 g/mol. The summed E-state index contributed by atoms with van der Waals surface area (Å²) in [6.45, 7) is 21.4. The van der Waals surface area contributed by atoms with Crippen LogP contribution in [0.1, 0.15) is 72.4 Å². The topological polar surface area (TPSA) is 68.4 Å². The highest BCUT2D eigenvalue weighted by Gasteiger charge is 2.37. The summed E-state index contributed by atoms with van der Waals surface area (Å²) in [5.41, 5.74) is 2.16. The Balaban J connectivity index is 0.000000261. The molecular formula is C37H55Br2N5O3. The average Bonchev–Trinajstić information content (AvgIpc) is 3.02. The summed E-state index contributed by atoms with van der Waals surface area (Å²) < 4.78 is 7.82. The van der Waals surface area contributed by atoms with Crippen molar-refractivity contribution in [2.24, 2.45) is 5.92 Å². The summed E-state index contributed by atoms with van der Waals surface area (Å²) in [5, 5.41) is 3.51. The first kappa shape index (κ1) is 37.8. The number of amides is 2. The van der Waals surface area contributed by atoms with Crippen LogP contribution in [-0.4, -0.2) is 101 Å². The molecule has 1 N–H and O–H groups in total. The smallest absolute Gasteiger partial charge is 0.410 e. The van der Waals surface area contributed by atoms with E-state index in [1.165, 1.54) is 15.6 Å². The van der Waals surface area contributed by atoms with E-state index in [0.717, 1.165) is 43.7 Å². The second-order valence-electron chi connectivity index (χ2n) is 14.6.